The summed E-state index contributed by atoms with van der Waals surface area (Å²) in [6.45, 7) is 5.32. The average molecular weight is 231 g/mol. The number of nitrogens with zero attached hydrogens (tertiary/aromatic N) is 1. The van der Waals surface area contributed by atoms with E-state index in [9.17, 15) is 5.11 Å². The molecular weight excluding hydrogens is 210 g/mol. The number of amidine groups is 1. The van der Waals surface area contributed by atoms with Crippen LogP contribution in [0.4, 0.5) is 0 Å². The first kappa shape index (κ1) is 13.2. The van der Waals surface area contributed by atoms with Gasteiger partial charge in [-0.15, -0.1) is 0 Å². The van der Waals surface area contributed by atoms with Crippen LogP contribution in [0.2, 0.25) is 0 Å². The van der Waals surface area contributed by atoms with Gasteiger partial charge in [0, 0.05) is 32.0 Å². The lowest BCUT2D eigenvalue weighted by Crippen LogP contribution is -2.47. The summed E-state index contributed by atoms with van der Waals surface area (Å²) in [5.41, 5.74) is 4.64. The summed E-state index contributed by atoms with van der Waals surface area (Å²) in [5, 5.41) is 24.7. The van der Waals surface area contributed by atoms with E-state index in [0.29, 0.717) is 26.1 Å². The molecule has 0 aromatic carbocycles. The average Bonchev–Trinajstić information content (AvgIpc) is 2.58. The van der Waals surface area contributed by atoms with Gasteiger partial charge in [-0.3, -0.25) is 0 Å². The molecule has 1 heterocycles. The van der Waals surface area contributed by atoms with Crippen LogP contribution in [0.3, 0.4) is 0 Å². The summed E-state index contributed by atoms with van der Waals surface area (Å²) in [6, 6.07) is 0. The Morgan fingerprint density at radius 2 is 2.44 bits per heavy atom. The number of aliphatic hydroxyl groups is 1. The molecule has 0 amide bonds. The monoisotopic (exact) mass is 231 g/mol. The molecule has 3 atom stereocenters. The van der Waals surface area contributed by atoms with Gasteiger partial charge in [-0.25, -0.2) is 0 Å². The lowest BCUT2D eigenvalue weighted by molar-refractivity contribution is -0.0261. The quantitative estimate of drug-likeness (QED) is 0.221. The highest BCUT2D eigenvalue weighted by Crippen LogP contribution is 2.24. The van der Waals surface area contributed by atoms with E-state index >= 15 is 0 Å². The molecular formula is C10H21N3O3. The Morgan fingerprint density at radius 3 is 2.94 bits per heavy atom. The number of ether oxygens (including phenoxy) is 1. The van der Waals surface area contributed by atoms with Gasteiger partial charge < -0.3 is 26.1 Å². The third kappa shape index (κ3) is 3.07. The third-order valence-corrected chi connectivity index (χ3v) is 3.16. The summed E-state index contributed by atoms with van der Waals surface area (Å²) in [6.07, 6.45) is 0.484. The molecule has 0 aliphatic carbocycles. The van der Waals surface area contributed by atoms with Gasteiger partial charge in [0.15, 0.2) is 0 Å². The fourth-order valence-electron chi connectivity index (χ4n) is 1.71. The van der Waals surface area contributed by atoms with Gasteiger partial charge >= 0.3 is 0 Å². The number of rotatable bonds is 5. The summed E-state index contributed by atoms with van der Waals surface area (Å²) < 4.78 is 5.32. The second-order valence-corrected chi connectivity index (χ2v) is 4.42. The molecule has 0 saturated carbocycles. The molecule has 0 radical (unpaired) electrons. The van der Waals surface area contributed by atoms with Crippen LogP contribution in [-0.2, 0) is 4.74 Å². The molecule has 0 spiro atoms. The maximum absolute atomic E-state index is 10.2. The molecule has 1 aliphatic rings. The van der Waals surface area contributed by atoms with Crippen molar-refractivity contribution in [3.05, 3.63) is 0 Å². The topological polar surface area (TPSA) is 100 Å². The second kappa shape index (κ2) is 5.47. The van der Waals surface area contributed by atoms with Crippen LogP contribution in [0.1, 0.15) is 20.3 Å². The third-order valence-electron chi connectivity index (χ3n) is 3.16. The van der Waals surface area contributed by atoms with Crippen molar-refractivity contribution in [3.8, 4) is 0 Å². The Kier molecular flexibility index (Phi) is 4.52. The summed E-state index contributed by atoms with van der Waals surface area (Å²) >= 11 is 0. The maximum atomic E-state index is 10.2. The minimum absolute atomic E-state index is 0.0637. The Morgan fingerprint density at radius 1 is 1.75 bits per heavy atom. The van der Waals surface area contributed by atoms with Crippen molar-refractivity contribution in [1.82, 2.24) is 5.32 Å². The molecule has 6 nitrogen and oxygen atoms in total. The van der Waals surface area contributed by atoms with Gasteiger partial charge in [0.1, 0.15) is 11.4 Å². The van der Waals surface area contributed by atoms with Gasteiger partial charge in [0.05, 0.1) is 6.10 Å². The first-order valence-corrected chi connectivity index (χ1v) is 5.51. The highest BCUT2D eigenvalue weighted by molar-refractivity contribution is 5.82. The summed E-state index contributed by atoms with van der Waals surface area (Å²) in [5.74, 6) is 0.126. The molecule has 0 bridgehead atoms. The highest BCUT2D eigenvalue weighted by Gasteiger charge is 2.39. The molecule has 1 rings (SSSR count). The minimum atomic E-state index is -0.801. The Balaban J connectivity index is 2.30. The molecule has 94 valence electrons. The smallest absolute Gasteiger partial charge is 0.143 e. The zero-order valence-corrected chi connectivity index (χ0v) is 9.81. The van der Waals surface area contributed by atoms with Gasteiger partial charge in [-0.1, -0.05) is 12.1 Å². The van der Waals surface area contributed by atoms with E-state index < -0.39 is 5.60 Å². The predicted molar refractivity (Wildman–Crippen MR) is 60.4 cm³/mol. The standard InChI is InChI=1S/C10H21N3O3/c1-7(9(11)13-15)5-12-6-10(14)3-4-16-8(10)2/h7-8,12,14-15H,3-6H2,1-2H3,(H2,11,13). The van der Waals surface area contributed by atoms with Crippen molar-refractivity contribution in [2.24, 2.45) is 16.8 Å². The zero-order valence-electron chi connectivity index (χ0n) is 9.81. The molecule has 3 unspecified atom stereocenters. The largest absolute Gasteiger partial charge is 0.409 e. The molecule has 0 aromatic heterocycles. The first-order valence-electron chi connectivity index (χ1n) is 5.51. The Labute approximate surface area is 95.5 Å². The minimum Gasteiger partial charge on any atom is -0.409 e. The van der Waals surface area contributed by atoms with Crippen molar-refractivity contribution in [2.75, 3.05) is 19.7 Å². The Bertz CT molecular complexity index is 260. The highest BCUT2D eigenvalue weighted by atomic mass is 16.5. The number of nitrogens with two attached hydrogens (primary N) is 1. The maximum Gasteiger partial charge on any atom is 0.143 e. The summed E-state index contributed by atoms with van der Waals surface area (Å²) in [4.78, 5) is 0. The molecule has 5 N–H and O–H groups in total. The van der Waals surface area contributed by atoms with Crippen molar-refractivity contribution in [1.29, 1.82) is 0 Å². The van der Waals surface area contributed by atoms with Crippen molar-refractivity contribution >= 4 is 5.84 Å². The van der Waals surface area contributed by atoms with E-state index in [1.807, 2.05) is 13.8 Å². The zero-order chi connectivity index (χ0) is 12.2. The fourth-order valence-corrected chi connectivity index (χ4v) is 1.71. The normalized spacial score (nSPS) is 32.9. The van der Waals surface area contributed by atoms with Crippen LogP contribution < -0.4 is 11.1 Å². The lowest BCUT2D eigenvalue weighted by atomic mass is 9.96. The van der Waals surface area contributed by atoms with Crippen LogP contribution in [0.5, 0.6) is 0 Å². The van der Waals surface area contributed by atoms with E-state index in [4.69, 9.17) is 15.7 Å². The van der Waals surface area contributed by atoms with Gasteiger partial charge in [0.2, 0.25) is 0 Å². The van der Waals surface area contributed by atoms with Gasteiger partial charge in [0.25, 0.3) is 0 Å². The van der Waals surface area contributed by atoms with E-state index in [2.05, 4.69) is 10.5 Å². The number of hydrogen-bond acceptors (Lipinski definition) is 5. The second-order valence-electron chi connectivity index (χ2n) is 4.42. The van der Waals surface area contributed by atoms with E-state index in [1.54, 1.807) is 0 Å². The van der Waals surface area contributed by atoms with Crippen LogP contribution >= 0.6 is 0 Å². The molecule has 6 heteroatoms. The Hall–Kier alpha value is -0.850. The van der Waals surface area contributed by atoms with Crippen LogP contribution in [-0.4, -0.2) is 47.6 Å². The van der Waals surface area contributed by atoms with Gasteiger partial charge in [-0.2, -0.15) is 0 Å². The lowest BCUT2D eigenvalue weighted by Gasteiger charge is -2.26. The van der Waals surface area contributed by atoms with Crippen LogP contribution in [0.25, 0.3) is 0 Å². The summed E-state index contributed by atoms with van der Waals surface area (Å²) in [7, 11) is 0. The van der Waals surface area contributed by atoms with Crippen LogP contribution in [0.15, 0.2) is 5.16 Å². The molecule has 16 heavy (non-hydrogen) atoms. The molecule has 1 saturated heterocycles. The van der Waals surface area contributed by atoms with E-state index in [0.717, 1.165) is 0 Å². The van der Waals surface area contributed by atoms with Gasteiger partial charge in [-0.05, 0) is 6.92 Å². The molecule has 0 aromatic rings. The number of nitrogens with one attached hydrogen (secondary N) is 1. The van der Waals surface area contributed by atoms with E-state index in [1.165, 1.54) is 0 Å². The van der Waals surface area contributed by atoms with Crippen molar-refractivity contribution in [2.45, 2.75) is 32.0 Å². The predicted octanol–water partition coefficient (Wildman–Crippen LogP) is -0.502. The van der Waals surface area contributed by atoms with E-state index in [-0.39, 0.29) is 17.9 Å². The SMILES string of the molecule is CC(CNCC1(O)CCOC1C)C(N)=NO. The fraction of sp³-hybridized carbons (Fsp3) is 0.900. The van der Waals surface area contributed by atoms with Crippen molar-refractivity contribution < 1.29 is 15.1 Å². The number of hydrogen-bond donors (Lipinski definition) is 4. The van der Waals surface area contributed by atoms with Crippen LogP contribution in [0, 0.1) is 5.92 Å². The molecule has 1 aliphatic heterocycles. The first-order chi connectivity index (χ1) is 7.49. The van der Waals surface area contributed by atoms with Crippen molar-refractivity contribution in [3.63, 3.8) is 0 Å². The number of oxime groups is 1. The molecule has 1 fully saturated rings.